The molecule has 0 saturated carbocycles. The van der Waals surface area contributed by atoms with Gasteiger partial charge in [0, 0.05) is 22.2 Å². The Kier molecular flexibility index (Phi) is 7.20. The van der Waals surface area contributed by atoms with E-state index in [1.807, 2.05) is 60.7 Å². The van der Waals surface area contributed by atoms with Gasteiger partial charge in [0.2, 0.25) is 0 Å². The number of nitrogens with zero attached hydrogens (tertiary/aromatic N) is 1. The molecule has 32 heavy (non-hydrogen) atoms. The first-order valence-corrected chi connectivity index (χ1v) is 11.5. The van der Waals surface area contributed by atoms with Crippen LogP contribution < -0.4 is 4.74 Å². The Hall–Kier alpha value is -2.73. The van der Waals surface area contributed by atoms with Crippen LogP contribution in [0.1, 0.15) is 16.7 Å². The third kappa shape index (κ3) is 5.54. The molecule has 0 spiro atoms. The van der Waals surface area contributed by atoms with Crippen LogP contribution in [0.4, 0.5) is 4.79 Å². The van der Waals surface area contributed by atoms with Crippen LogP contribution in [-0.2, 0) is 17.8 Å². The Balaban J connectivity index is 1.42. The predicted octanol–water partition coefficient (Wildman–Crippen LogP) is 6.85. The van der Waals surface area contributed by atoms with Crippen molar-refractivity contribution in [2.45, 2.75) is 13.0 Å². The maximum atomic E-state index is 12.8. The van der Waals surface area contributed by atoms with E-state index in [1.54, 1.807) is 18.2 Å². The molecule has 0 aliphatic carbocycles. The lowest BCUT2D eigenvalue weighted by molar-refractivity contribution is -0.122. The van der Waals surface area contributed by atoms with Gasteiger partial charge in [0.15, 0.2) is 0 Å². The lowest BCUT2D eigenvalue weighted by atomic mass is 10.1. The maximum absolute atomic E-state index is 12.8. The highest BCUT2D eigenvalue weighted by atomic mass is 35.5. The molecule has 4 nitrogen and oxygen atoms in total. The van der Waals surface area contributed by atoms with Crippen LogP contribution in [0.15, 0.2) is 77.7 Å². The zero-order valence-electron chi connectivity index (χ0n) is 17.0. The first-order valence-electron chi connectivity index (χ1n) is 9.96. The summed E-state index contributed by atoms with van der Waals surface area (Å²) in [6.07, 6.45) is 2.35. The molecule has 1 saturated heterocycles. The number of benzene rings is 3. The molecule has 1 aliphatic heterocycles. The number of rotatable bonds is 7. The predicted molar refractivity (Wildman–Crippen MR) is 130 cm³/mol. The topological polar surface area (TPSA) is 46.6 Å². The van der Waals surface area contributed by atoms with Crippen molar-refractivity contribution in [1.29, 1.82) is 0 Å². The largest absolute Gasteiger partial charge is 0.489 e. The van der Waals surface area contributed by atoms with Crippen molar-refractivity contribution in [2.75, 3.05) is 6.54 Å². The summed E-state index contributed by atoms with van der Waals surface area (Å²) >= 11 is 13.1. The molecule has 162 valence electrons. The summed E-state index contributed by atoms with van der Waals surface area (Å²) in [6.45, 7) is 0.645. The number of imide groups is 1. The smallest absolute Gasteiger partial charge is 0.293 e. The number of ether oxygens (including phenoxy) is 1. The van der Waals surface area contributed by atoms with Gasteiger partial charge in [0.1, 0.15) is 12.4 Å². The van der Waals surface area contributed by atoms with Gasteiger partial charge in [0.25, 0.3) is 11.1 Å². The Bertz CT molecular complexity index is 1180. The summed E-state index contributed by atoms with van der Waals surface area (Å²) in [4.78, 5) is 26.8. The van der Waals surface area contributed by atoms with Crippen molar-refractivity contribution in [3.05, 3.63) is 104 Å². The van der Waals surface area contributed by atoms with Crippen LogP contribution >= 0.6 is 35.0 Å². The lowest BCUT2D eigenvalue weighted by Crippen LogP contribution is -2.30. The van der Waals surface area contributed by atoms with E-state index in [-0.39, 0.29) is 17.8 Å². The number of carbonyl (C=O) groups is 2. The summed E-state index contributed by atoms with van der Waals surface area (Å²) in [5, 5.41) is 0.859. The number of amides is 2. The zero-order chi connectivity index (χ0) is 22.5. The highest BCUT2D eigenvalue weighted by molar-refractivity contribution is 8.18. The fourth-order valence-electron chi connectivity index (χ4n) is 3.22. The standard InChI is InChI=1S/C25H19Cl2NO3S/c26-20-10-9-19(22(27)15-20)16-31-21-8-4-7-18(13-21)14-23-24(29)28(25(30)32-23)12-11-17-5-2-1-3-6-17/h1-10,13-15H,11-12,16H2/b23-14+. The van der Waals surface area contributed by atoms with Gasteiger partial charge in [-0.15, -0.1) is 0 Å². The number of carbonyl (C=O) groups excluding carboxylic acids is 2. The molecular weight excluding hydrogens is 465 g/mol. The Labute approximate surface area is 200 Å². The van der Waals surface area contributed by atoms with Gasteiger partial charge in [-0.05, 0) is 59.7 Å². The molecular formula is C25H19Cl2NO3S. The summed E-state index contributed by atoms with van der Waals surface area (Å²) in [5.41, 5.74) is 2.68. The molecule has 3 aromatic carbocycles. The molecule has 1 aliphatic rings. The van der Waals surface area contributed by atoms with Gasteiger partial charge in [-0.1, -0.05) is 71.7 Å². The van der Waals surface area contributed by atoms with E-state index in [2.05, 4.69) is 0 Å². The molecule has 0 atom stereocenters. The Morgan fingerprint density at radius 1 is 0.938 bits per heavy atom. The highest BCUT2D eigenvalue weighted by Gasteiger charge is 2.34. The lowest BCUT2D eigenvalue weighted by Gasteiger charge is -2.12. The average Bonchev–Trinajstić information content (AvgIpc) is 3.05. The van der Waals surface area contributed by atoms with Gasteiger partial charge < -0.3 is 4.74 Å². The molecule has 0 bridgehead atoms. The van der Waals surface area contributed by atoms with E-state index < -0.39 is 0 Å². The van der Waals surface area contributed by atoms with Crippen LogP contribution in [0.25, 0.3) is 6.08 Å². The normalized spacial score (nSPS) is 14.9. The Morgan fingerprint density at radius 2 is 1.75 bits per heavy atom. The van der Waals surface area contributed by atoms with Crippen molar-refractivity contribution in [2.24, 2.45) is 0 Å². The fourth-order valence-corrected chi connectivity index (χ4v) is 4.55. The highest BCUT2D eigenvalue weighted by Crippen LogP contribution is 2.33. The second kappa shape index (κ2) is 10.3. The van der Waals surface area contributed by atoms with E-state index in [0.29, 0.717) is 33.7 Å². The summed E-state index contributed by atoms with van der Waals surface area (Å²) in [7, 11) is 0. The second-order valence-corrected chi connectivity index (χ2v) is 9.00. The van der Waals surface area contributed by atoms with Gasteiger partial charge >= 0.3 is 0 Å². The zero-order valence-corrected chi connectivity index (χ0v) is 19.3. The van der Waals surface area contributed by atoms with Gasteiger partial charge in [-0.2, -0.15) is 0 Å². The maximum Gasteiger partial charge on any atom is 0.293 e. The summed E-state index contributed by atoms with van der Waals surface area (Å²) in [5.74, 6) is 0.364. The molecule has 0 N–H and O–H groups in total. The third-order valence-electron chi connectivity index (χ3n) is 4.91. The van der Waals surface area contributed by atoms with Crippen molar-refractivity contribution in [1.82, 2.24) is 4.90 Å². The molecule has 0 unspecified atom stereocenters. The minimum Gasteiger partial charge on any atom is -0.489 e. The van der Waals surface area contributed by atoms with Crippen molar-refractivity contribution in [3.8, 4) is 5.75 Å². The van der Waals surface area contributed by atoms with Crippen LogP contribution in [0.5, 0.6) is 5.75 Å². The molecule has 4 rings (SSSR count). The SMILES string of the molecule is O=C1S/C(=C/c2cccc(OCc3ccc(Cl)cc3Cl)c2)C(=O)N1CCc1ccccc1. The number of thioether (sulfide) groups is 1. The summed E-state index contributed by atoms with van der Waals surface area (Å²) in [6, 6.07) is 22.4. The molecule has 0 radical (unpaired) electrons. The quantitative estimate of drug-likeness (QED) is 0.344. The number of hydrogen-bond acceptors (Lipinski definition) is 4. The number of hydrogen-bond donors (Lipinski definition) is 0. The Morgan fingerprint density at radius 3 is 2.53 bits per heavy atom. The van der Waals surface area contributed by atoms with E-state index in [9.17, 15) is 9.59 Å². The van der Waals surface area contributed by atoms with Gasteiger partial charge in [-0.3, -0.25) is 14.5 Å². The second-order valence-electron chi connectivity index (χ2n) is 7.17. The van der Waals surface area contributed by atoms with Crippen molar-refractivity contribution >= 4 is 52.2 Å². The van der Waals surface area contributed by atoms with E-state index in [1.165, 1.54) is 4.90 Å². The van der Waals surface area contributed by atoms with Crippen LogP contribution in [0, 0.1) is 0 Å². The first-order chi connectivity index (χ1) is 15.5. The van der Waals surface area contributed by atoms with Crippen LogP contribution in [0.2, 0.25) is 10.0 Å². The van der Waals surface area contributed by atoms with Gasteiger partial charge in [0.05, 0.1) is 4.91 Å². The summed E-state index contributed by atoms with van der Waals surface area (Å²) < 4.78 is 5.85. The molecule has 2 amide bonds. The fraction of sp³-hybridized carbons (Fsp3) is 0.120. The molecule has 0 aromatic heterocycles. The minimum atomic E-state index is -0.268. The van der Waals surface area contributed by atoms with Crippen molar-refractivity contribution in [3.63, 3.8) is 0 Å². The monoisotopic (exact) mass is 483 g/mol. The first kappa shape index (κ1) is 22.5. The third-order valence-corrected chi connectivity index (χ3v) is 6.40. The van der Waals surface area contributed by atoms with Crippen LogP contribution in [0.3, 0.4) is 0 Å². The van der Waals surface area contributed by atoms with E-state index in [0.717, 1.165) is 28.5 Å². The van der Waals surface area contributed by atoms with Crippen molar-refractivity contribution < 1.29 is 14.3 Å². The van der Waals surface area contributed by atoms with Gasteiger partial charge in [-0.25, -0.2) is 0 Å². The molecule has 1 heterocycles. The minimum absolute atomic E-state index is 0.248. The van der Waals surface area contributed by atoms with E-state index in [4.69, 9.17) is 27.9 Å². The molecule has 1 fully saturated rings. The average molecular weight is 484 g/mol. The van der Waals surface area contributed by atoms with E-state index >= 15 is 0 Å². The number of halogens is 2. The van der Waals surface area contributed by atoms with Crippen LogP contribution in [-0.4, -0.2) is 22.6 Å². The molecule has 3 aromatic rings. The molecule has 7 heteroatoms.